The molecule has 9 nitrogen and oxygen atoms in total. The second-order valence-corrected chi connectivity index (χ2v) is 7.89. The monoisotopic (exact) mass is 383 g/mol. The van der Waals surface area contributed by atoms with E-state index >= 15 is 0 Å². The Labute approximate surface area is 153 Å². The number of H-pyrrole nitrogens is 2. The number of sulfone groups is 1. The summed E-state index contributed by atoms with van der Waals surface area (Å²) in [5.74, 6) is -0.259. The summed E-state index contributed by atoms with van der Waals surface area (Å²) in [6.07, 6.45) is 3.05. The molecule has 0 unspecified atom stereocenters. The highest BCUT2D eigenvalue weighted by molar-refractivity contribution is 7.90. The van der Waals surface area contributed by atoms with Crippen LogP contribution >= 0.6 is 0 Å². The Hall–Kier alpha value is -3.53. The maximum atomic E-state index is 12.7. The molecule has 0 fully saturated rings. The summed E-state index contributed by atoms with van der Waals surface area (Å²) in [6, 6.07) is 10.6. The first kappa shape index (κ1) is 16.9. The summed E-state index contributed by atoms with van der Waals surface area (Å²) in [6.45, 7) is 0. The van der Waals surface area contributed by atoms with Gasteiger partial charge < -0.3 is 4.98 Å². The summed E-state index contributed by atoms with van der Waals surface area (Å²) in [5, 5.41) is 18.5. The average Bonchev–Trinajstić information content (AvgIpc) is 3.29. The van der Waals surface area contributed by atoms with Crippen LogP contribution in [0.15, 0.2) is 59.8 Å². The molecular weight excluding hydrogens is 370 g/mol. The molecule has 0 spiro atoms. The third-order valence-corrected chi connectivity index (χ3v) is 5.78. The lowest BCUT2D eigenvalue weighted by molar-refractivity contribution is -0.384. The highest BCUT2D eigenvalue weighted by Crippen LogP contribution is 2.27. The lowest BCUT2D eigenvalue weighted by atomic mass is 10.2. The third kappa shape index (κ3) is 3.17. The molecule has 27 heavy (non-hydrogen) atoms. The van der Waals surface area contributed by atoms with E-state index in [1.54, 1.807) is 12.3 Å². The van der Waals surface area contributed by atoms with Crippen molar-refractivity contribution in [3.63, 3.8) is 0 Å². The molecule has 0 aliphatic rings. The van der Waals surface area contributed by atoms with E-state index in [-0.39, 0.29) is 16.3 Å². The van der Waals surface area contributed by atoms with Gasteiger partial charge in [0.2, 0.25) is 0 Å². The van der Waals surface area contributed by atoms with E-state index in [1.807, 2.05) is 6.07 Å². The van der Waals surface area contributed by atoms with Gasteiger partial charge in [0.15, 0.2) is 15.5 Å². The lowest BCUT2D eigenvalue weighted by Crippen LogP contribution is -2.03. The van der Waals surface area contributed by atoms with Gasteiger partial charge in [-0.05, 0) is 23.8 Å². The SMILES string of the molecule is O=[N+]([O-])c1ccc(CS(=O)(=O)c2c[nH]c(-c3n[nH]c4ncccc34)c2)cc1. The van der Waals surface area contributed by atoms with Crippen LogP contribution in [0, 0.1) is 10.1 Å². The first-order valence-corrected chi connectivity index (χ1v) is 9.53. The van der Waals surface area contributed by atoms with Crippen LogP contribution in [0.1, 0.15) is 5.56 Å². The molecule has 0 aliphatic carbocycles. The molecular formula is C17H13N5O4S. The van der Waals surface area contributed by atoms with Gasteiger partial charge in [-0.15, -0.1) is 0 Å². The fourth-order valence-electron chi connectivity index (χ4n) is 2.77. The smallest absolute Gasteiger partial charge is 0.269 e. The maximum Gasteiger partial charge on any atom is 0.269 e. The van der Waals surface area contributed by atoms with Crippen LogP contribution in [-0.2, 0) is 15.6 Å². The highest BCUT2D eigenvalue weighted by atomic mass is 32.2. The Kier molecular flexibility index (Phi) is 3.96. The van der Waals surface area contributed by atoms with E-state index in [1.165, 1.54) is 36.5 Å². The number of non-ortho nitro benzene ring substituents is 1. The molecule has 3 aromatic heterocycles. The van der Waals surface area contributed by atoms with Gasteiger partial charge in [0.25, 0.3) is 5.69 Å². The molecule has 136 valence electrons. The molecule has 0 aliphatic heterocycles. The quantitative estimate of drug-likeness (QED) is 0.402. The van der Waals surface area contributed by atoms with Crippen molar-refractivity contribution in [2.45, 2.75) is 10.6 Å². The number of pyridine rings is 1. The number of nitro groups is 1. The molecule has 0 amide bonds. The van der Waals surface area contributed by atoms with Crippen molar-refractivity contribution in [2.75, 3.05) is 0 Å². The van der Waals surface area contributed by atoms with Crippen LogP contribution in [0.4, 0.5) is 5.69 Å². The third-order valence-electron chi connectivity index (χ3n) is 4.11. The van der Waals surface area contributed by atoms with Gasteiger partial charge in [-0.1, -0.05) is 12.1 Å². The first-order valence-electron chi connectivity index (χ1n) is 7.88. The summed E-state index contributed by atoms with van der Waals surface area (Å²) in [4.78, 5) is 17.4. The standard InChI is InChI=1S/C17H13N5O4S/c23-22(24)12-5-3-11(4-6-12)10-27(25,26)13-8-15(19-9-13)16-14-2-1-7-18-17(14)21-20-16/h1-9,19H,10H2,(H,18,20,21). The van der Waals surface area contributed by atoms with Gasteiger partial charge in [0, 0.05) is 29.9 Å². The van der Waals surface area contributed by atoms with Crippen LogP contribution in [0.5, 0.6) is 0 Å². The summed E-state index contributed by atoms with van der Waals surface area (Å²) in [5.41, 5.74) is 2.13. The number of hydrogen-bond acceptors (Lipinski definition) is 6. The van der Waals surface area contributed by atoms with Crippen molar-refractivity contribution >= 4 is 26.6 Å². The van der Waals surface area contributed by atoms with Crippen LogP contribution in [0.3, 0.4) is 0 Å². The van der Waals surface area contributed by atoms with E-state index in [0.717, 1.165) is 5.39 Å². The molecule has 2 N–H and O–H groups in total. The maximum absolute atomic E-state index is 12.7. The fraction of sp³-hybridized carbons (Fsp3) is 0.0588. The highest BCUT2D eigenvalue weighted by Gasteiger charge is 2.20. The number of nitro benzene ring substituents is 1. The van der Waals surface area contributed by atoms with Gasteiger partial charge >= 0.3 is 0 Å². The van der Waals surface area contributed by atoms with Gasteiger partial charge in [-0.25, -0.2) is 13.4 Å². The number of benzene rings is 1. The Balaban J connectivity index is 1.62. The number of aromatic nitrogens is 4. The average molecular weight is 383 g/mol. The molecule has 0 bridgehead atoms. The first-order chi connectivity index (χ1) is 12.9. The number of nitrogens with one attached hydrogen (secondary N) is 2. The van der Waals surface area contributed by atoms with E-state index in [4.69, 9.17) is 0 Å². The molecule has 0 radical (unpaired) electrons. The minimum Gasteiger partial charge on any atom is -0.359 e. The molecule has 3 heterocycles. The Morgan fingerprint density at radius 3 is 2.67 bits per heavy atom. The number of hydrogen-bond donors (Lipinski definition) is 2. The van der Waals surface area contributed by atoms with Crippen LogP contribution in [0.25, 0.3) is 22.4 Å². The van der Waals surface area contributed by atoms with E-state index < -0.39 is 14.8 Å². The van der Waals surface area contributed by atoms with Crippen molar-refractivity contribution in [3.05, 3.63) is 70.5 Å². The molecule has 0 saturated heterocycles. The second kappa shape index (κ2) is 6.32. The predicted molar refractivity (Wildman–Crippen MR) is 97.7 cm³/mol. The molecule has 10 heteroatoms. The summed E-state index contributed by atoms with van der Waals surface area (Å²) < 4.78 is 25.3. The topological polar surface area (TPSA) is 135 Å². The van der Waals surface area contributed by atoms with Crippen LogP contribution in [-0.4, -0.2) is 33.5 Å². The lowest BCUT2D eigenvalue weighted by Gasteiger charge is -2.02. The zero-order valence-corrected chi connectivity index (χ0v) is 14.6. The normalized spacial score (nSPS) is 11.7. The van der Waals surface area contributed by atoms with Gasteiger partial charge in [0.05, 0.1) is 21.3 Å². The largest absolute Gasteiger partial charge is 0.359 e. The van der Waals surface area contributed by atoms with Gasteiger partial charge in [0.1, 0.15) is 5.69 Å². The van der Waals surface area contributed by atoms with Crippen molar-refractivity contribution in [2.24, 2.45) is 0 Å². The molecule has 1 aromatic carbocycles. The van der Waals surface area contributed by atoms with E-state index in [9.17, 15) is 18.5 Å². The number of nitrogens with zero attached hydrogens (tertiary/aromatic N) is 3. The van der Waals surface area contributed by atoms with Crippen molar-refractivity contribution < 1.29 is 13.3 Å². The number of aromatic amines is 2. The van der Waals surface area contributed by atoms with Crippen molar-refractivity contribution in [3.8, 4) is 11.4 Å². The molecule has 0 atom stereocenters. The summed E-state index contributed by atoms with van der Waals surface area (Å²) in [7, 11) is -3.62. The zero-order valence-electron chi connectivity index (χ0n) is 13.8. The Morgan fingerprint density at radius 1 is 1.15 bits per heavy atom. The molecule has 4 aromatic rings. The fourth-order valence-corrected chi connectivity index (χ4v) is 4.10. The van der Waals surface area contributed by atoms with Gasteiger partial charge in [-0.2, -0.15) is 5.10 Å². The predicted octanol–water partition coefficient (Wildman–Crippen LogP) is 2.84. The van der Waals surface area contributed by atoms with Crippen LogP contribution in [0.2, 0.25) is 0 Å². The van der Waals surface area contributed by atoms with Crippen molar-refractivity contribution in [1.82, 2.24) is 20.2 Å². The van der Waals surface area contributed by atoms with E-state index in [0.29, 0.717) is 22.6 Å². The minimum atomic E-state index is -3.62. The molecule has 0 saturated carbocycles. The zero-order chi connectivity index (χ0) is 19.0. The van der Waals surface area contributed by atoms with Crippen molar-refractivity contribution in [1.29, 1.82) is 0 Å². The van der Waals surface area contributed by atoms with Crippen LogP contribution < -0.4 is 0 Å². The second-order valence-electron chi connectivity index (χ2n) is 5.90. The number of fused-ring (bicyclic) bond motifs is 1. The Morgan fingerprint density at radius 2 is 1.93 bits per heavy atom. The Bertz CT molecular complexity index is 1240. The summed E-state index contributed by atoms with van der Waals surface area (Å²) >= 11 is 0. The van der Waals surface area contributed by atoms with Gasteiger partial charge in [-0.3, -0.25) is 15.2 Å². The minimum absolute atomic E-state index is 0.0842. The van der Waals surface area contributed by atoms with E-state index in [2.05, 4.69) is 20.2 Å². The molecule has 4 rings (SSSR count). The number of rotatable bonds is 5.